The molecule has 1 aromatic carbocycles. The first-order chi connectivity index (χ1) is 9.08. The van der Waals surface area contributed by atoms with E-state index in [1.54, 1.807) is 0 Å². The molecule has 2 nitrogen and oxygen atoms in total. The van der Waals surface area contributed by atoms with Crippen LogP contribution in [0.1, 0.15) is 58.1 Å². The minimum Gasteiger partial charge on any atom is -0.487 e. The van der Waals surface area contributed by atoms with E-state index in [1.807, 2.05) is 0 Å². The van der Waals surface area contributed by atoms with E-state index in [-0.39, 0.29) is 5.60 Å². The Kier molecular flexibility index (Phi) is 4.91. The molecule has 19 heavy (non-hydrogen) atoms. The van der Waals surface area contributed by atoms with E-state index in [9.17, 15) is 0 Å². The highest BCUT2D eigenvalue weighted by Gasteiger charge is 2.36. The number of rotatable bonds is 5. The molecule has 1 aliphatic heterocycles. The van der Waals surface area contributed by atoms with Crippen molar-refractivity contribution in [1.29, 1.82) is 0 Å². The van der Waals surface area contributed by atoms with Crippen LogP contribution in [0.3, 0.4) is 0 Å². The van der Waals surface area contributed by atoms with Gasteiger partial charge in [-0.05, 0) is 44.5 Å². The minimum absolute atomic E-state index is 0.0407. The molecule has 2 rings (SSSR count). The van der Waals surface area contributed by atoms with E-state index < -0.39 is 0 Å². The SMILES string of the molecule is CCCNC1CC(C)(CCC)Oc2ccc(Br)cc21. The van der Waals surface area contributed by atoms with Crippen LogP contribution in [0.15, 0.2) is 22.7 Å². The topological polar surface area (TPSA) is 21.3 Å². The van der Waals surface area contributed by atoms with Crippen molar-refractivity contribution < 1.29 is 4.74 Å². The van der Waals surface area contributed by atoms with Gasteiger partial charge in [0.25, 0.3) is 0 Å². The Hall–Kier alpha value is -0.540. The van der Waals surface area contributed by atoms with Gasteiger partial charge in [0.1, 0.15) is 11.4 Å². The largest absolute Gasteiger partial charge is 0.487 e. The molecule has 0 saturated carbocycles. The molecule has 0 bridgehead atoms. The maximum absolute atomic E-state index is 6.26. The molecule has 1 aromatic rings. The molecule has 1 heterocycles. The molecule has 2 unspecified atom stereocenters. The summed E-state index contributed by atoms with van der Waals surface area (Å²) in [4.78, 5) is 0. The molecular formula is C16H24BrNO. The van der Waals surface area contributed by atoms with Gasteiger partial charge in [0.05, 0.1) is 0 Å². The summed E-state index contributed by atoms with van der Waals surface area (Å²) in [6, 6.07) is 6.74. The second-order valence-corrected chi connectivity index (χ2v) is 6.61. The van der Waals surface area contributed by atoms with Gasteiger partial charge in [-0.15, -0.1) is 0 Å². The zero-order valence-electron chi connectivity index (χ0n) is 12.1. The summed E-state index contributed by atoms with van der Waals surface area (Å²) >= 11 is 3.56. The standard InChI is InChI=1S/C16H24BrNO/c1-4-8-16(3)11-14(18-9-5-2)13-10-12(17)6-7-15(13)19-16/h6-7,10,14,18H,4-5,8-9,11H2,1-3H3. The molecular weight excluding hydrogens is 302 g/mol. The van der Waals surface area contributed by atoms with Crippen LogP contribution in [0.2, 0.25) is 0 Å². The van der Waals surface area contributed by atoms with Crippen molar-refractivity contribution in [2.75, 3.05) is 6.54 Å². The van der Waals surface area contributed by atoms with Gasteiger partial charge in [0.15, 0.2) is 0 Å². The average Bonchev–Trinajstić information content (AvgIpc) is 2.37. The Morgan fingerprint density at radius 1 is 1.37 bits per heavy atom. The van der Waals surface area contributed by atoms with E-state index in [0.717, 1.165) is 42.5 Å². The van der Waals surface area contributed by atoms with E-state index in [4.69, 9.17) is 4.74 Å². The van der Waals surface area contributed by atoms with E-state index in [2.05, 4.69) is 60.2 Å². The highest BCUT2D eigenvalue weighted by Crippen LogP contribution is 2.42. The third-order valence-electron chi connectivity index (χ3n) is 3.76. The summed E-state index contributed by atoms with van der Waals surface area (Å²) in [6.45, 7) is 7.72. The van der Waals surface area contributed by atoms with Crippen molar-refractivity contribution in [1.82, 2.24) is 5.32 Å². The fraction of sp³-hybridized carbons (Fsp3) is 0.625. The van der Waals surface area contributed by atoms with Crippen LogP contribution in [0, 0.1) is 0 Å². The first-order valence-corrected chi connectivity index (χ1v) is 8.09. The summed E-state index contributed by atoms with van der Waals surface area (Å²) in [5.41, 5.74) is 1.25. The minimum atomic E-state index is -0.0407. The van der Waals surface area contributed by atoms with Crippen LogP contribution in [-0.4, -0.2) is 12.1 Å². The normalized spacial score (nSPS) is 25.8. The van der Waals surface area contributed by atoms with Crippen LogP contribution in [0.25, 0.3) is 0 Å². The number of hydrogen-bond donors (Lipinski definition) is 1. The van der Waals surface area contributed by atoms with Gasteiger partial charge in [-0.25, -0.2) is 0 Å². The van der Waals surface area contributed by atoms with Gasteiger partial charge in [0, 0.05) is 22.5 Å². The van der Waals surface area contributed by atoms with E-state index >= 15 is 0 Å². The second-order valence-electron chi connectivity index (χ2n) is 5.69. The lowest BCUT2D eigenvalue weighted by Crippen LogP contribution is -2.42. The second kappa shape index (κ2) is 6.27. The summed E-state index contributed by atoms with van der Waals surface area (Å²) in [7, 11) is 0. The van der Waals surface area contributed by atoms with Gasteiger partial charge in [-0.1, -0.05) is 36.2 Å². The lowest BCUT2D eigenvalue weighted by molar-refractivity contribution is 0.0390. The van der Waals surface area contributed by atoms with Crippen LogP contribution >= 0.6 is 15.9 Å². The Morgan fingerprint density at radius 3 is 2.84 bits per heavy atom. The number of fused-ring (bicyclic) bond motifs is 1. The van der Waals surface area contributed by atoms with Crippen molar-refractivity contribution in [2.45, 2.75) is 58.1 Å². The van der Waals surface area contributed by atoms with Gasteiger partial charge in [-0.2, -0.15) is 0 Å². The number of hydrogen-bond acceptors (Lipinski definition) is 2. The molecule has 3 heteroatoms. The zero-order chi connectivity index (χ0) is 13.9. The number of ether oxygens (including phenoxy) is 1. The van der Waals surface area contributed by atoms with E-state index in [1.165, 1.54) is 5.56 Å². The van der Waals surface area contributed by atoms with E-state index in [0.29, 0.717) is 6.04 Å². The first-order valence-electron chi connectivity index (χ1n) is 7.30. The van der Waals surface area contributed by atoms with Gasteiger partial charge < -0.3 is 10.1 Å². The van der Waals surface area contributed by atoms with Crippen molar-refractivity contribution in [3.63, 3.8) is 0 Å². The smallest absolute Gasteiger partial charge is 0.124 e. The molecule has 0 radical (unpaired) electrons. The molecule has 0 aliphatic carbocycles. The summed E-state index contributed by atoms with van der Waals surface area (Å²) in [6.07, 6.45) is 4.46. The maximum atomic E-state index is 6.26. The van der Waals surface area contributed by atoms with Gasteiger partial charge in [-0.3, -0.25) is 0 Å². The molecule has 0 fully saturated rings. The molecule has 0 aromatic heterocycles. The van der Waals surface area contributed by atoms with Crippen LogP contribution in [0.4, 0.5) is 0 Å². The Bertz CT molecular complexity index is 435. The Balaban J connectivity index is 2.29. The highest BCUT2D eigenvalue weighted by molar-refractivity contribution is 9.10. The Labute approximate surface area is 125 Å². The molecule has 2 atom stereocenters. The first kappa shape index (κ1) is 14.9. The van der Waals surface area contributed by atoms with Crippen molar-refractivity contribution in [3.05, 3.63) is 28.2 Å². The highest BCUT2D eigenvalue weighted by atomic mass is 79.9. The van der Waals surface area contributed by atoms with Gasteiger partial charge >= 0.3 is 0 Å². The molecule has 1 N–H and O–H groups in total. The summed E-state index contributed by atoms with van der Waals surface area (Å²) in [5, 5.41) is 3.67. The maximum Gasteiger partial charge on any atom is 0.124 e. The predicted octanol–water partition coefficient (Wildman–Crippen LogP) is 4.83. The predicted molar refractivity (Wildman–Crippen MR) is 83.7 cm³/mol. The van der Waals surface area contributed by atoms with Crippen molar-refractivity contribution >= 4 is 15.9 Å². The summed E-state index contributed by atoms with van der Waals surface area (Å²) in [5.74, 6) is 1.04. The molecule has 106 valence electrons. The van der Waals surface area contributed by atoms with Crippen molar-refractivity contribution in [3.8, 4) is 5.75 Å². The zero-order valence-corrected chi connectivity index (χ0v) is 13.7. The fourth-order valence-corrected chi connectivity index (χ4v) is 3.29. The number of halogens is 1. The van der Waals surface area contributed by atoms with Gasteiger partial charge in [0.2, 0.25) is 0 Å². The average molecular weight is 326 g/mol. The molecule has 1 aliphatic rings. The third-order valence-corrected chi connectivity index (χ3v) is 4.25. The summed E-state index contributed by atoms with van der Waals surface area (Å²) < 4.78 is 7.39. The van der Waals surface area contributed by atoms with Crippen LogP contribution in [-0.2, 0) is 0 Å². The number of benzene rings is 1. The molecule has 0 saturated heterocycles. The molecule has 0 spiro atoms. The third kappa shape index (κ3) is 3.51. The Morgan fingerprint density at radius 2 is 2.16 bits per heavy atom. The fourth-order valence-electron chi connectivity index (χ4n) is 2.92. The lowest BCUT2D eigenvalue weighted by Gasteiger charge is -2.40. The quantitative estimate of drug-likeness (QED) is 0.837. The van der Waals surface area contributed by atoms with Crippen molar-refractivity contribution in [2.24, 2.45) is 0 Å². The number of nitrogens with one attached hydrogen (secondary N) is 1. The molecule has 0 amide bonds. The lowest BCUT2D eigenvalue weighted by atomic mass is 9.85. The van der Waals surface area contributed by atoms with Crippen LogP contribution < -0.4 is 10.1 Å². The van der Waals surface area contributed by atoms with Crippen LogP contribution in [0.5, 0.6) is 5.75 Å². The monoisotopic (exact) mass is 325 g/mol.